The minimum absolute atomic E-state index is 0.0783. The number of nitrogens with one attached hydrogen (secondary N) is 2. The molecule has 3 aromatic heterocycles. The third-order valence-corrected chi connectivity index (χ3v) is 5.67. The number of aromatic amines is 1. The van der Waals surface area contributed by atoms with Crippen LogP contribution in [0.4, 0.5) is 19.0 Å². The minimum atomic E-state index is -4.41. The van der Waals surface area contributed by atoms with Gasteiger partial charge in [-0.1, -0.05) is 12.1 Å². The molecule has 1 atom stereocenters. The van der Waals surface area contributed by atoms with E-state index in [9.17, 15) is 18.0 Å². The average molecular weight is 428 g/mol. The zero-order valence-electron chi connectivity index (χ0n) is 16.5. The summed E-state index contributed by atoms with van der Waals surface area (Å²) in [5, 5.41) is 7.83. The number of anilines is 1. The van der Waals surface area contributed by atoms with Crippen LogP contribution in [0.25, 0.3) is 32.9 Å². The van der Waals surface area contributed by atoms with Gasteiger partial charge in [-0.15, -0.1) is 0 Å². The molecule has 7 nitrogen and oxygen atoms in total. The summed E-state index contributed by atoms with van der Waals surface area (Å²) in [6.07, 6.45) is 1.42. The van der Waals surface area contributed by atoms with Crippen molar-refractivity contribution < 1.29 is 18.0 Å². The van der Waals surface area contributed by atoms with Gasteiger partial charge in [0.15, 0.2) is 0 Å². The predicted octanol–water partition coefficient (Wildman–Crippen LogP) is 3.97. The third kappa shape index (κ3) is 3.37. The summed E-state index contributed by atoms with van der Waals surface area (Å²) in [5.74, 6) is -1.11. The number of hydrogen-bond donors (Lipinski definition) is 3. The van der Waals surface area contributed by atoms with E-state index >= 15 is 0 Å². The van der Waals surface area contributed by atoms with Gasteiger partial charge in [0, 0.05) is 35.9 Å². The van der Waals surface area contributed by atoms with E-state index in [1.807, 2.05) is 25.4 Å². The lowest BCUT2D eigenvalue weighted by atomic mass is 10.1. The first-order chi connectivity index (χ1) is 14.7. The van der Waals surface area contributed by atoms with E-state index in [0.717, 1.165) is 11.1 Å². The van der Waals surface area contributed by atoms with Crippen LogP contribution in [-0.4, -0.2) is 37.9 Å². The number of halogens is 3. The Hall–Kier alpha value is -3.56. The molecular weight excluding hydrogens is 409 g/mol. The van der Waals surface area contributed by atoms with Gasteiger partial charge in [-0.2, -0.15) is 18.3 Å². The maximum atomic E-state index is 13.6. The maximum Gasteiger partial charge on any atom is 0.408 e. The number of nitrogens with two attached hydrogens (primary N) is 1. The molecule has 5 rings (SSSR count). The van der Waals surface area contributed by atoms with Gasteiger partial charge in [0.1, 0.15) is 11.9 Å². The highest BCUT2D eigenvalue weighted by Crippen LogP contribution is 2.43. The van der Waals surface area contributed by atoms with E-state index in [1.165, 1.54) is 6.20 Å². The number of carbonyl (C=O) groups is 1. The fourth-order valence-electron chi connectivity index (χ4n) is 3.99. The molecular formula is C21H19F3N6O. The smallest absolute Gasteiger partial charge is 0.365 e. The van der Waals surface area contributed by atoms with Crippen molar-refractivity contribution in [3.05, 3.63) is 42.4 Å². The Morgan fingerprint density at radius 2 is 2.06 bits per heavy atom. The number of amides is 1. The van der Waals surface area contributed by atoms with Gasteiger partial charge in [-0.25, -0.2) is 4.98 Å². The van der Waals surface area contributed by atoms with Gasteiger partial charge in [0.05, 0.1) is 22.7 Å². The number of fused-ring (bicyclic) bond motifs is 3. The molecule has 160 valence electrons. The maximum absolute atomic E-state index is 13.6. The van der Waals surface area contributed by atoms with Crippen molar-refractivity contribution in [2.75, 3.05) is 5.32 Å². The Morgan fingerprint density at radius 1 is 1.29 bits per heavy atom. The van der Waals surface area contributed by atoms with Gasteiger partial charge in [0.25, 0.3) is 5.91 Å². The molecule has 0 saturated heterocycles. The fourth-order valence-corrected chi connectivity index (χ4v) is 3.99. The molecule has 31 heavy (non-hydrogen) atoms. The van der Waals surface area contributed by atoms with Crippen LogP contribution in [0, 0.1) is 5.92 Å². The van der Waals surface area contributed by atoms with Crippen molar-refractivity contribution in [2.45, 2.75) is 25.1 Å². The molecule has 1 aliphatic rings. The topological polar surface area (TPSA) is 102 Å². The molecule has 1 fully saturated rings. The number of nitrogens with zero attached hydrogens (tertiary/aromatic N) is 3. The molecule has 0 bridgehead atoms. The molecule has 1 aliphatic carbocycles. The number of alkyl halides is 3. The molecule has 0 spiro atoms. The second-order valence-corrected chi connectivity index (χ2v) is 7.92. The average Bonchev–Trinajstić information content (AvgIpc) is 3.32. The van der Waals surface area contributed by atoms with Crippen molar-refractivity contribution in [1.29, 1.82) is 0 Å². The Kier molecular flexibility index (Phi) is 4.21. The first-order valence-electron chi connectivity index (χ1n) is 9.79. The number of H-pyrrole nitrogens is 1. The quantitative estimate of drug-likeness (QED) is 0.448. The third-order valence-electron chi connectivity index (χ3n) is 5.67. The molecule has 0 aliphatic heterocycles. The van der Waals surface area contributed by atoms with Crippen LogP contribution < -0.4 is 11.1 Å². The fraction of sp³-hybridized carbons (Fsp3) is 0.286. The van der Waals surface area contributed by atoms with Crippen LogP contribution in [0.15, 0.2) is 36.8 Å². The summed E-state index contributed by atoms with van der Waals surface area (Å²) < 4.78 is 42.5. The molecule has 10 heteroatoms. The first-order valence-corrected chi connectivity index (χ1v) is 9.79. The molecule has 4 N–H and O–H groups in total. The second kappa shape index (κ2) is 6.73. The molecule has 3 heterocycles. The number of benzene rings is 1. The molecule has 0 radical (unpaired) electrons. The standard InChI is InChI=1S/C21H19F3N6O/c1-30-9-12(7-27-30)11-4-5-13-15(6-11)28-17-14(19(25)31)8-26-20(16(13)17)29-18(10-2-3-10)21(22,23)24/h4-10,18,28H,2-3H2,1H3,(H2,25,31)(H,26,29)/t18-/m1/s1. The first kappa shape index (κ1) is 19.4. The largest absolute Gasteiger partial charge is 0.408 e. The predicted molar refractivity (Wildman–Crippen MR) is 111 cm³/mol. The van der Waals surface area contributed by atoms with Crippen molar-refractivity contribution in [2.24, 2.45) is 18.7 Å². The highest BCUT2D eigenvalue weighted by molar-refractivity contribution is 6.18. The van der Waals surface area contributed by atoms with E-state index in [2.05, 4.69) is 20.4 Å². The normalized spacial score (nSPS) is 15.5. The van der Waals surface area contributed by atoms with Crippen LogP contribution >= 0.6 is 0 Å². The van der Waals surface area contributed by atoms with Crippen molar-refractivity contribution in [3.63, 3.8) is 0 Å². The van der Waals surface area contributed by atoms with Crippen LogP contribution in [0.3, 0.4) is 0 Å². The van der Waals surface area contributed by atoms with Crippen LogP contribution in [0.2, 0.25) is 0 Å². The van der Waals surface area contributed by atoms with E-state index < -0.39 is 24.0 Å². The summed E-state index contributed by atoms with van der Waals surface area (Å²) in [4.78, 5) is 19.3. The van der Waals surface area contributed by atoms with Gasteiger partial charge in [0.2, 0.25) is 0 Å². The number of aryl methyl sites for hydroxylation is 1. The summed E-state index contributed by atoms with van der Waals surface area (Å²) in [6.45, 7) is 0. The highest BCUT2D eigenvalue weighted by atomic mass is 19.4. The Balaban J connectivity index is 1.69. The number of hydrogen-bond acceptors (Lipinski definition) is 4. The molecule has 0 unspecified atom stereocenters. The summed E-state index contributed by atoms with van der Waals surface area (Å²) in [6, 6.07) is 3.83. The zero-order chi connectivity index (χ0) is 21.9. The summed E-state index contributed by atoms with van der Waals surface area (Å²) in [5.41, 5.74) is 8.40. The van der Waals surface area contributed by atoms with Crippen molar-refractivity contribution in [1.82, 2.24) is 19.7 Å². The molecule has 1 aromatic carbocycles. The van der Waals surface area contributed by atoms with E-state index in [-0.39, 0.29) is 11.4 Å². The van der Waals surface area contributed by atoms with Crippen LogP contribution in [0.1, 0.15) is 23.2 Å². The Bertz CT molecular complexity index is 1320. The second-order valence-electron chi connectivity index (χ2n) is 7.92. The van der Waals surface area contributed by atoms with Crippen molar-refractivity contribution in [3.8, 4) is 11.1 Å². The van der Waals surface area contributed by atoms with Gasteiger partial charge < -0.3 is 16.0 Å². The summed E-state index contributed by atoms with van der Waals surface area (Å²) in [7, 11) is 1.81. The molecule has 4 aromatic rings. The SMILES string of the molecule is Cn1cc(-c2ccc3c(c2)[nH]c2c(C(N)=O)cnc(N[C@H](C4CC4)C(F)(F)F)c23)cn1. The number of primary amides is 1. The number of carbonyl (C=O) groups excluding carboxylic acids is 1. The van der Waals surface area contributed by atoms with Gasteiger partial charge >= 0.3 is 6.18 Å². The lowest BCUT2D eigenvalue weighted by Gasteiger charge is -2.22. The zero-order valence-corrected chi connectivity index (χ0v) is 16.5. The Labute approximate surface area is 174 Å². The van der Waals surface area contributed by atoms with E-state index in [0.29, 0.717) is 34.6 Å². The van der Waals surface area contributed by atoms with Gasteiger partial charge in [-0.3, -0.25) is 9.48 Å². The Morgan fingerprint density at radius 3 is 2.68 bits per heavy atom. The van der Waals surface area contributed by atoms with Gasteiger partial charge in [-0.05, 0) is 30.4 Å². The van der Waals surface area contributed by atoms with Crippen molar-refractivity contribution >= 4 is 33.5 Å². The monoisotopic (exact) mass is 428 g/mol. The van der Waals surface area contributed by atoms with Crippen LogP contribution in [0.5, 0.6) is 0 Å². The number of aromatic nitrogens is 4. The molecule has 1 saturated carbocycles. The number of rotatable bonds is 5. The van der Waals surface area contributed by atoms with E-state index in [4.69, 9.17) is 5.73 Å². The minimum Gasteiger partial charge on any atom is -0.365 e. The lowest BCUT2D eigenvalue weighted by Crippen LogP contribution is -2.38. The lowest BCUT2D eigenvalue weighted by molar-refractivity contribution is -0.146. The van der Waals surface area contributed by atoms with Crippen LogP contribution in [-0.2, 0) is 7.05 Å². The highest BCUT2D eigenvalue weighted by Gasteiger charge is 2.49. The number of pyridine rings is 1. The summed E-state index contributed by atoms with van der Waals surface area (Å²) >= 11 is 0. The van der Waals surface area contributed by atoms with E-state index in [1.54, 1.807) is 16.9 Å². The molecule has 1 amide bonds.